The Morgan fingerprint density at radius 1 is 1.15 bits per heavy atom. The normalized spacial score (nSPS) is 15.9. The van der Waals surface area contributed by atoms with E-state index >= 15 is 0 Å². The molecule has 1 aliphatic heterocycles. The molecule has 0 bridgehead atoms. The summed E-state index contributed by atoms with van der Waals surface area (Å²) in [6.07, 6.45) is 4.99. The zero-order chi connectivity index (χ0) is 19.3. The number of benzene rings is 1. The molecule has 1 heterocycles. The summed E-state index contributed by atoms with van der Waals surface area (Å²) >= 11 is 0. The molecule has 1 aromatic rings. The smallest absolute Gasteiger partial charge is 0.335 e. The lowest BCUT2D eigenvalue weighted by Crippen LogP contribution is -2.39. The maximum Gasteiger partial charge on any atom is 0.335 e. The van der Waals surface area contributed by atoms with Crippen molar-refractivity contribution in [1.29, 1.82) is 0 Å². The first-order chi connectivity index (χ1) is 12.2. The van der Waals surface area contributed by atoms with Crippen molar-refractivity contribution >= 4 is 33.3 Å². The lowest BCUT2D eigenvalue weighted by molar-refractivity contribution is -0.135. The molecule has 0 unspecified atom stereocenters. The third-order valence-electron chi connectivity index (χ3n) is 4.12. The number of nitrogens with one attached hydrogen (secondary N) is 1. The summed E-state index contributed by atoms with van der Waals surface area (Å²) in [5.41, 5.74) is -0.180. The third kappa shape index (κ3) is 5.55. The number of amides is 2. The number of carboxylic acid groups (broad SMARTS) is 1. The number of likely N-dealkylation sites (tertiary alicyclic amines) is 1. The molecule has 1 fully saturated rings. The number of rotatable bonds is 5. The molecule has 0 atom stereocenters. The first-order valence-electron chi connectivity index (χ1n) is 8.33. The van der Waals surface area contributed by atoms with E-state index in [1.807, 2.05) is 0 Å². The van der Waals surface area contributed by atoms with Crippen LogP contribution in [0.3, 0.4) is 0 Å². The van der Waals surface area contributed by atoms with Crippen molar-refractivity contribution < 1.29 is 27.9 Å². The fraction of sp³-hybridized carbons (Fsp3) is 0.471. The molecule has 0 aromatic heterocycles. The maximum absolute atomic E-state index is 12.3. The molecule has 9 heteroatoms. The molecule has 0 saturated carbocycles. The van der Waals surface area contributed by atoms with Crippen molar-refractivity contribution in [2.24, 2.45) is 0 Å². The lowest BCUT2D eigenvalue weighted by Gasteiger charge is -2.24. The van der Waals surface area contributed by atoms with Crippen molar-refractivity contribution in [2.45, 2.75) is 37.0 Å². The largest absolute Gasteiger partial charge is 0.478 e. The molecule has 1 aromatic carbocycles. The molecule has 26 heavy (non-hydrogen) atoms. The van der Waals surface area contributed by atoms with Gasteiger partial charge in [-0.2, -0.15) is 0 Å². The van der Waals surface area contributed by atoms with Gasteiger partial charge in [0.2, 0.25) is 11.8 Å². The zero-order valence-corrected chi connectivity index (χ0v) is 15.3. The molecule has 0 spiro atoms. The van der Waals surface area contributed by atoms with Gasteiger partial charge in [0, 0.05) is 24.9 Å². The minimum absolute atomic E-state index is 0.0646. The van der Waals surface area contributed by atoms with Crippen molar-refractivity contribution in [1.82, 2.24) is 4.90 Å². The van der Waals surface area contributed by atoms with Gasteiger partial charge in [0.25, 0.3) is 0 Å². The van der Waals surface area contributed by atoms with E-state index in [2.05, 4.69) is 5.32 Å². The maximum atomic E-state index is 12.3. The van der Waals surface area contributed by atoms with E-state index in [-0.39, 0.29) is 28.6 Å². The van der Waals surface area contributed by atoms with Crippen molar-refractivity contribution in [3.8, 4) is 0 Å². The number of nitrogens with zero attached hydrogens (tertiary/aromatic N) is 1. The van der Waals surface area contributed by atoms with Gasteiger partial charge in [-0.3, -0.25) is 9.59 Å². The summed E-state index contributed by atoms with van der Waals surface area (Å²) in [5, 5.41) is 11.6. The van der Waals surface area contributed by atoms with E-state index in [9.17, 15) is 22.8 Å². The number of anilines is 1. The minimum atomic E-state index is -3.64. The lowest BCUT2D eigenvalue weighted by atomic mass is 10.1. The second kappa shape index (κ2) is 8.31. The van der Waals surface area contributed by atoms with Crippen LogP contribution < -0.4 is 5.32 Å². The van der Waals surface area contributed by atoms with Crippen LogP contribution in [0.1, 0.15) is 42.5 Å². The van der Waals surface area contributed by atoms with Gasteiger partial charge in [0.15, 0.2) is 9.84 Å². The number of hydrogen-bond acceptors (Lipinski definition) is 5. The third-order valence-corrected chi connectivity index (χ3v) is 5.21. The van der Waals surface area contributed by atoms with Crippen LogP contribution in [0, 0.1) is 0 Å². The standard InChI is InChI=1S/C17H22N2O6S/c1-26(24,25)14-9-12(17(22)23)8-13(10-14)18-15(20)11-19-7-5-3-2-4-6-16(19)21/h8-10H,2-7,11H2,1H3,(H,18,20)(H,22,23). The zero-order valence-electron chi connectivity index (χ0n) is 14.5. The second-order valence-corrected chi connectivity index (χ2v) is 8.37. The van der Waals surface area contributed by atoms with Crippen LogP contribution >= 0.6 is 0 Å². The predicted octanol–water partition coefficient (Wildman–Crippen LogP) is 1.52. The van der Waals surface area contributed by atoms with Gasteiger partial charge in [-0.15, -0.1) is 0 Å². The van der Waals surface area contributed by atoms with E-state index < -0.39 is 21.7 Å². The van der Waals surface area contributed by atoms with E-state index in [0.29, 0.717) is 13.0 Å². The van der Waals surface area contributed by atoms with Gasteiger partial charge in [0.1, 0.15) is 0 Å². The molecule has 1 saturated heterocycles. The van der Waals surface area contributed by atoms with Crippen molar-refractivity contribution in [2.75, 3.05) is 24.7 Å². The summed E-state index contributed by atoms with van der Waals surface area (Å²) < 4.78 is 23.4. The Hall–Kier alpha value is -2.42. The molecule has 142 valence electrons. The van der Waals surface area contributed by atoms with E-state index in [0.717, 1.165) is 38.0 Å². The first kappa shape index (κ1) is 19.9. The highest BCUT2D eigenvalue weighted by Gasteiger charge is 2.20. The molecule has 2 amide bonds. The molecular weight excluding hydrogens is 360 g/mol. The number of aromatic carboxylic acids is 1. The van der Waals surface area contributed by atoms with Gasteiger partial charge in [-0.05, 0) is 31.0 Å². The Kier molecular flexibility index (Phi) is 6.36. The fourth-order valence-corrected chi connectivity index (χ4v) is 3.45. The molecule has 8 nitrogen and oxygen atoms in total. The number of sulfone groups is 1. The van der Waals surface area contributed by atoms with Crippen molar-refractivity contribution in [3.63, 3.8) is 0 Å². The van der Waals surface area contributed by atoms with E-state index in [1.165, 1.54) is 17.0 Å². The SMILES string of the molecule is CS(=O)(=O)c1cc(NC(=O)CN2CCCCCCC2=O)cc(C(=O)O)c1. The summed E-state index contributed by atoms with van der Waals surface area (Å²) in [7, 11) is -3.64. The molecule has 0 radical (unpaired) electrons. The quantitative estimate of drug-likeness (QED) is 0.796. The summed E-state index contributed by atoms with van der Waals surface area (Å²) in [6, 6.07) is 3.42. The van der Waals surface area contributed by atoms with Gasteiger partial charge in [0.05, 0.1) is 17.0 Å². The van der Waals surface area contributed by atoms with Crippen LogP contribution in [-0.2, 0) is 19.4 Å². The van der Waals surface area contributed by atoms with Crippen LogP contribution in [-0.4, -0.2) is 55.6 Å². The minimum Gasteiger partial charge on any atom is -0.478 e. The van der Waals surface area contributed by atoms with Crippen LogP contribution in [0.4, 0.5) is 5.69 Å². The van der Waals surface area contributed by atoms with Gasteiger partial charge < -0.3 is 15.3 Å². The van der Waals surface area contributed by atoms with Crippen LogP contribution in [0.5, 0.6) is 0 Å². The van der Waals surface area contributed by atoms with Crippen LogP contribution in [0.2, 0.25) is 0 Å². The summed E-state index contributed by atoms with van der Waals surface area (Å²) in [6.45, 7) is 0.348. The van der Waals surface area contributed by atoms with Crippen molar-refractivity contribution in [3.05, 3.63) is 23.8 Å². The summed E-state index contributed by atoms with van der Waals surface area (Å²) in [4.78, 5) is 36.8. The molecular formula is C17H22N2O6S. The van der Waals surface area contributed by atoms with E-state index in [1.54, 1.807) is 0 Å². The van der Waals surface area contributed by atoms with E-state index in [4.69, 9.17) is 5.11 Å². The Labute approximate surface area is 152 Å². The monoisotopic (exact) mass is 382 g/mol. The highest BCUT2D eigenvalue weighted by atomic mass is 32.2. The first-order valence-corrected chi connectivity index (χ1v) is 10.2. The Morgan fingerprint density at radius 2 is 1.85 bits per heavy atom. The van der Waals surface area contributed by atoms with Gasteiger partial charge >= 0.3 is 5.97 Å². The van der Waals surface area contributed by atoms with Crippen LogP contribution in [0.15, 0.2) is 23.1 Å². The molecule has 1 aliphatic rings. The van der Waals surface area contributed by atoms with Gasteiger partial charge in [-0.25, -0.2) is 13.2 Å². The number of carboxylic acids is 1. The predicted molar refractivity (Wildman–Crippen MR) is 94.8 cm³/mol. The summed E-state index contributed by atoms with van der Waals surface area (Å²) in [5.74, 6) is -1.89. The average Bonchev–Trinajstić information content (AvgIpc) is 2.53. The highest BCUT2D eigenvalue weighted by molar-refractivity contribution is 7.90. The topological polar surface area (TPSA) is 121 Å². The molecule has 2 rings (SSSR count). The number of hydrogen-bond donors (Lipinski definition) is 2. The van der Waals surface area contributed by atoms with Gasteiger partial charge in [-0.1, -0.05) is 12.8 Å². The second-order valence-electron chi connectivity index (χ2n) is 6.35. The Morgan fingerprint density at radius 3 is 2.50 bits per heavy atom. The Bertz CT molecular complexity index is 819. The highest BCUT2D eigenvalue weighted by Crippen LogP contribution is 2.20. The molecule has 2 N–H and O–H groups in total. The fourth-order valence-electron chi connectivity index (χ4n) is 2.77. The molecule has 0 aliphatic carbocycles. The number of carbonyl (C=O) groups is 3. The average molecular weight is 382 g/mol. The van der Waals surface area contributed by atoms with Crippen LogP contribution in [0.25, 0.3) is 0 Å². The Balaban J connectivity index is 2.16. The number of carbonyl (C=O) groups excluding carboxylic acids is 2.